The van der Waals surface area contributed by atoms with E-state index >= 15 is 0 Å². The minimum absolute atomic E-state index is 0.601. The molecule has 0 saturated carbocycles. The van der Waals surface area contributed by atoms with Gasteiger partial charge in [-0.2, -0.15) is 0 Å². The van der Waals surface area contributed by atoms with Crippen molar-refractivity contribution in [1.29, 1.82) is 0 Å². The zero-order valence-corrected chi connectivity index (χ0v) is 12.4. The standard InChI is InChI=1S/C17H26N2O/c1-14-11-19(12-16-7-8-20-13-16)17(10-18-14)9-15-5-3-2-4-6-15/h2-6,14,16-18H,7-13H2,1H3. The molecule has 0 spiro atoms. The molecular weight excluding hydrogens is 248 g/mol. The summed E-state index contributed by atoms with van der Waals surface area (Å²) in [6, 6.07) is 12.1. The van der Waals surface area contributed by atoms with Gasteiger partial charge in [0.2, 0.25) is 0 Å². The second kappa shape index (κ2) is 6.70. The van der Waals surface area contributed by atoms with E-state index in [2.05, 4.69) is 47.5 Å². The topological polar surface area (TPSA) is 24.5 Å². The number of rotatable bonds is 4. The van der Waals surface area contributed by atoms with Gasteiger partial charge in [0.25, 0.3) is 0 Å². The SMILES string of the molecule is CC1CN(CC2CCOC2)C(Cc2ccccc2)CN1. The van der Waals surface area contributed by atoms with Gasteiger partial charge in [0.1, 0.15) is 0 Å². The fourth-order valence-corrected chi connectivity index (χ4v) is 3.40. The molecule has 0 aromatic heterocycles. The quantitative estimate of drug-likeness (QED) is 0.908. The van der Waals surface area contributed by atoms with Gasteiger partial charge in [-0.05, 0) is 31.2 Å². The zero-order chi connectivity index (χ0) is 13.8. The first-order valence-corrected chi connectivity index (χ1v) is 7.90. The molecule has 2 fully saturated rings. The lowest BCUT2D eigenvalue weighted by Crippen LogP contribution is -2.57. The first-order valence-electron chi connectivity index (χ1n) is 7.90. The molecule has 3 nitrogen and oxygen atoms in total. The largest absolute Gasteiger partial charge is 0.381 e. The summed E-state index contributed by atoms with van der Waals surface area (Å²) in [5.74, 6) is 0.735. The van der Waals surface area contributed by atoms with Gasteiger partial charge in [0.05, 0.1) is 6.61 Å². The molecule has 2 aliphatic rings. The molecule has 3 heteroatoms. The minimum atomic E-state index is 0.601. The van der Waals surface area contributed by atoms with Crippen molar-refractivity contribution < 1.29 is 4.74 Å². The third kappa shape index (κ3) is 3.60. The lowest BCUT2D eigenvalue weighted by atomic mass is 9.99. The second-order valence-electron chi connectivity index (χ2n) is 6.34. The van der Waals surface area contributed by atoms with Crippen molar-refractivity contribution in [1.82, 2.24) is 10.2 Å². The van der Waals surface area contributed by atoms with Crippen LogP contribution in [0, 0.1) is 5.92 Å². The van der Waals surface area contributed by atoms with Crippen LogP contribution in [0.5, 0.6) is 0 Å². The molecule has 0 bridgehead atoms. The summed E-state index contributed by atoms with van der Waals surface area (Å²) in [6.07, 6.45) is 2.38. The Morgan fingerprint density at radius 3 is 2.90 bits per heavy atom. The van der Waals surface area contributed by atoms with E-state index in [0.717, 1.165) is 38.6 Å². The molecule has 1 aromatic rings. The number of nitrogens with one attached hydrogen (secondary N) is 1. The Morgan fingerprint density at radius 2 is 2.15 bits per heavy atom. The lowest BCUT2D eigenvalue weighted by molar-refractivity contribution is 0.105. The molecule has 3 unspecified atom stereocenters. The average Bonchev–Trinajstić information content (AvgIpc) is 2.96. The fourth-order valence-electron chi connectivity index (χ4n) is 3.40. The lowest BCUT2D eigenvalue weighted by Gasteiger charge is -2.40. The van der Waals surface area contributed by atoms with Crippen LogP contribution < -0.4 is 5.32 Å². The molecule has 20 heavy (non-hydrogen) atoms. The molecule has 2 aliphatic heterocycles. The number of hydrogen-bond acceptors (Lipinski definition) is 3. The molecular formula is C17H26N2O. The predicted octanol–water partition coefficient (Wildman–Crippen LogP) is 1.93. The van der Waals surface area contributed by atoms with E-state index in [1.165, 1.54) is 18.5 Å². The van der Waals surface area contributed by atoms with E-state index < -0.39 is 0 Å². The van der Waals surface area contributed by atoms with E-state index in [0.29, 0.717) is 12.1 Å². The molecule has 1 N–H and O–H groups in total. The smallest absolute Gasteiger partial charge is 0.0507 e. The summed E-state index contributed by atoms with van der Waals surface area (Å²) in [6.45, 7) is 7.66. The Labute approximate surface area is 122 Å². The van der Waals surface area contributed by atoms with Gasteiger partial charge in [-0.3, -0.25) is 4.90 Å². The van der Waals surface area contributed by atoms with Crippen molar-refractivity contribution >= 4 is 0 Å². The normalized spacial score (nSPS) is 31.6. The summed E-state index contributed by atoms with van der Waals surface area (Å²) in [4.78, 5) is 2.69. The fraction of sp³-hybridized carbons (Fsp3) is 0.647. The van der Waals surface area contributed by atoms with E-state index in [1.54, 1.807) is 0 Å². The predicted molar refractivity (Wildman–Crippen MR) is 81.9 cm³/mol. The molecule has 110 valence electrons. The van der Waals surface area contributed by atoms with E-state index in [-0.39, 0.29) is 0 Å². The van der Waals surface area contributed by atoms with Gasteiger partial charge in [-0.15, -0.1) is 0 Å². The minimum Gasteiger partial charge on any atom is -0.381 e. The zero-order valence-electron chi connectivity index (χ0n) is 12.4. The van der Waals surface area contributed by atoms with Gasteiger partial charge < -0.3 is 10.1 Å². The van der Waals surface area contributed by atoms with Crippen LogP contribution in [0.4, 0.5) is 0 Å². The maximum atomic E-state index is 5.54. The third-order valence-electron chi connectivity index (χ3n) is 4.56. The van der Waals surface area contributed by atoms with Crippen LogP contribution in [0.2, 0.25) is 0 Å². The number of benzene rings is 1. The Kier molecular flexibility index (Phi) is 4.71. The second-order valence-corrected chi connectivity index (χ2v) is 6.34. The van der Waals surface area contributed by atoms with Gasteiger partial charge in [0.15, 0.2) is 0 Å². The molecule has 3 atom stereocenters. The van der Waals surface area contributed by atoms with E-state index in [4.69, 9.17) is 4.74 Å². The van der Waals surface area contributed by atoms with E-state index in [1.807, 2.05) is 0 Å². The average molecular weight is 274 g/mol. The maximum Gasteiger partial charge on any atom is 0.0507 e. The van der Waals surface area contributed by atoms with Gasteiger partial charge in [-0.25, -0.2) is 0 Å². The van der Waals surface area contributed by atoms with Crippen molar-refractivity contribution in [3.8, 4) is 0 Å². The summed E-state index contributed by atoms with van der Waals surface area (Å²) in [5, 5.41) is 3.63. The van der Waals surface area contributed by atoms with Crippen molar-refractivity contribution in [2.45, 2.75) is 31.8 Å². The summed E-state index contributed by atoms with van der Waals surface area (Å²) in [7, 11) is 0. The first-order chi connectivity index (χ1) is 9.81. The Bertz CT molecular complexity index is 403. The van der Waals surface area contributed by atoms with Crippen molar-refractivity contribution in [2.24, 2.45) is 5.92 Å². The van der Waals surface area contributed by atoms with Crippen LogP contribution in [0.15, 0.2) is 30.3 Å². The van der Waals surface area contributed by atoms with Crippen LogP contribution in [0.25, 0.3) is 0 Å². The van der Waals surface area contributed by atoms with Crippen LogP contribution in [-0.4, -0.2) is 49.8 Å². The summed E-state index contributed by atoms with van der Waals surface area (Å²) < 4.78 is 5.54. The van der Waals surface area contributed by atoms with Gasteiger partial charge in [0, 0.05) is 38.3 Å². The number of hydrogen-bond donors (Lipinski definition) is 1. The number of piperazine rings is 1. The van der Waals surface area contributed by atoms with Gasteiger partial charge in [-0.1, -0.05) is 30.3 Å². The Morgan fingerprint density at radius 1 is 1.30 bits per heavy atom. The van der Waals surface area contributed by atoms with Crippen molar-refractivity contribution in [3.63, 3.8) is 0 Å². The highest BCUT2D eigenvalue weighted by Crippen LogP contribution is 2.19. The highest BCUT2D eigenvalue weighted by Gasteiger charge is 2.29. The van der Waals surface area contributed by atoms with Crippen LogP contribution >= 0.6 is 0 Å². The first kappa shape index (κ1) is 14.1. The molecule has 0 amide bonds. The summed E-state index contributed by atoms with van der Waals surface area (Å²) >= 11 is 0. The van der Waals surface area contributed by atoms with Crippen LogP contribution in [-0.2, 0) is 11.2 Å². The molecule has 0 aliphatic carbocycles. The molecule has 2 saturated heterocycles. The Balaban J connectivity index is 1.63. The monoisotopic (exact) mass is 274 g/mol. The Hall–Kier alpha value is -0.900. The molecule has 0 radical (unpaired) electrons. The number of ether oxygens (including phenoxy) is 1. The van der Waals surface area contributed by atoms with Crippen LogP contribution in [0.3, 0.4) is 0 Å². The van der Waals surface area contributed by atoms with Crippen LogP contribution in [0.1, 0.15) is 18.9 Å². The highest BCUT2D eigenvalue weighted by atomic mass is 16.5. The molecule has 3 rings (SSSR count). The summed E-state index contributed by atoms with van der Waals surface area (Å²) in [5.41, 5.74) is 1.45. The van der Waals surface area contributed by atoms with Crippen molar-refractivity contribution in [3.05, 3.63) is 35.9 Å². The van der Waals surface area contributed by atoms with Crippen molar-refractivity contribution in [2.75, 3.05) is 32.8 Å². The highest BCUT2D eigenvalue weighted by molar-refractivity contribution is 5.16. The molecule has 1 aromatic carbocycles. The third-order valence-corrected chi connectivity index (χ3v) is 4.56. The van der Waals surface area contributed by atoms with E-state index in [9.17, 15) is 0 Å². The van der Waals surface area contributed by atoms with Gasteiger partial charge >= 0.3 is 0 Å². The molecule has 2 heterocycles. The maximum absolute atomic E-state index is 5.54. The number of nitrogens with zero attached hydrogens (tertiary/aromatic N) is 1.